The van der Waals surface area contributed by atoms with Gasteiger partial charge in [-0.1, -0.05) is 0 Å². The van der Waals surface area contributed by atoms with Crippen LogP contribution in [0.5, 0.6) is 5.75 Å². The van der Waals surface area contributed by atoms with Crippen molar-refractivity contribution in [3.63, 3.8) is 0 Å². The van der Waals surface area contributed by atoms with E-state index in [0.717, 1.165) is 0 Å². The number of hydrogen-bond donors (Lipinski definition) is 2. The molecule has 0 fully saturated rings. The van der Waals surface area contributed by atoms with Gasteiger partial charge in [-0.3, -0.25) is 0 Å². The predicted octanol–water partition coefficient (Wildman–Crippen LogP) is 1.18. The van der Waals surface area contributed by atoms with E-state index < -0.39 is 11.6 Å². The van der Waals surface area contributed by atoms with Crippen molar-refractivity contribution >= 4 is 11.5 Å². The van der Waals surface area contributed by atoms with Crippen LogP contribution < -0.4 is 4.74 Å². The van der Waals surface area contributed by atoms with Crippen LogP contribution in [0.2, 0.25) is 0 Å². The number of aromatic nitrogens is 2. The summed E-state index contributed by atoms with van der Waals surface area (Å²) in [6.07, 6.45) is 2.90. The first-order valence-electron chi connectivity index (χ1n) is 5.43. The predicted molar refractivity (Wildman–Crippen MR) is 63.9 cm³/mol. The van der Waals surface area contributed by atoms with Gasteiger partial charge in [0.2, 0.25) is 0 Å². The molecule has 6 nitrogen and oxygen atoms in total. The van der Waals surface area contributed by atoms with Crippen LogP contribution in [0.25, 0.3) is 5.52 Å². The van der Waals surface area contributed by atoms with Crippen LogP contribution in [0, 0.1) is 0 Å². The maximum absolute atomic E-state index is 11.0. The second-order valence-corrected chi connectivity index (χ2v) is 4.66. The van der Waals surface area contributed by atoms with Crippen molar-refractivity contribution in [3.8, 4) is 5.75 Å². The van der Waals surface area contributed by atoms with Gasteiger partial charge >= 0.3 is 5.97 Å². The summed E-state index contributed by atoms with van der Waals surface area (Å²) in [5.41, 5.74) is -0.374. The van der Waals surface area contributed by atoms with Crippen molar-refractivity contribution in [2.75, 3.05) is 6.61 Å². The lowest BCUT2D eigenvalue weighted by molar-refractivity contribution is 0.0285. The zero-order valence-electron chi connectivity index (χ0n) is 10.1. The zero-order valence-corrected chi connectivity index (χ0v) is 10.1. The smallest absolute Gasteiger partial charge is 0.339 e. The molecule has 2 heterocycles. The summed E-state index contributed by atoms with van der Waals surface area (Å²) in [7, 11) is 0. The molecule has 0 aromatic carbocycles. The molecular weight excluding hydrogens is 236 g/mol. The van der Waals surface area contributed by atoms with E-state index in [4.69, 9.17) is 9.84 Å². The lowest BCUT2D eigenvalue weighted by atomic mass is 10.2. The highest BCUT2D eigenvalue weighted by Gasteiger charge is 2.15. The van der Waals surface area contributed by atoms with E-state index in [-0.39, 0.29) is 12.2 Å². The van der Waals surface area contributed by atoms with Crippen molar-refractivity contribution in [3.05, 3.63) is 30.1 Å². The van der Waals surface area contributed by atoms with Crippen molar-refractivity contribution < 1.29 is 19.7 Å². The molecule has 18 heavy (non-hydrogen) atoms. The lowest BCUT2D eigenvalue weighted by Gasteiger charge is -2.17. The second-order valence-electron chi connectivity index (χ2n) is 4.66. The number of carbonyl (C=O) groups is 1. The van der Waals surface area contributed by atoms with Crippen LogP contribution in [-0.4, -0.2) is 38.0 Å². The number of carboxylic acids is 1. The highest BCUT2D eigenvalue weighted by atomic mass is 16.5. The molecule has 2 rings (SSSR count). The standard InChI is InChI=1S/C12H14N2O4/c1-12(2,17)7-18-8-3-4-14-10(5-8)9(6-13-14)11(15)16/h3-6,17H,7H2,1-2H3,(H,15,16). The van der Waals surface area contributed by atoms with Gasteiger partial charge in [0.15, 0.2) is 0 Å². The zero-order chi connectivity index (χ0) is 13.3. The molecule has 0 amide bonds. The Hall–Kier alpha value is -2.08. The van der Waals surface area contributed by atoms with Gasteiger partial charge in [-0.25, -0.2) is 9.31 Å². The molecule has 0 unspecified atom stereocenters. The topological polar surface area (TPSA) is 84.1 Å². The van der Waals surface area contributed by atoms with Crippen LogP contribution in [-0.2, 0) is 0 Å². The largest absolute Gasteiger partial charge is 0.490 e. The summed E-state index contributed by atoms with van der Waals surface area (Å²) in [5, 5.41) is 22.5. The minimum atomic E-state index is -1.04. The third kappa shape index (κ3) is 2.60. The van der Waals surface area contributed by atoms with Gasteiger partial charge in [0.1, 0.15) is 17.9 Å². The number of carboxylic acid groups (broad SMARTS) is 1. The fourth-order valence-corrected chi connectivity index (χ4v) is 1.48. The first-order valence-corrected chi connectivity index (χ1v) is 5.43. The Morgan fingerprint density at radius 1 is 1.56 bits per heavy atom. The molecule has 0 saturated heterocycles. The highest BCUT2D eigenvalue weighted by molar-refractivity contribution is 5.95. The van der Waals surface area contributed by atoms with Crippen molar-refractivity contribution in [1.82, 2.24) is 9.61 Å². The average Bonchev–Trinajstić information content (AvgIpc) is 2.68. The number of fused-ring (bicyclic) bond motifs is 1. The summed E-state index contributed by atoms with van der Waals surface area (Å²) in [6.45, 7) is 3.39. The summed E-state index contributed by atoms with van der Waals surface area (Å²) < 4.78 is 6.86. The number of pyridine rings is 1. The van der Waals surface area contributed by atoms with Gasteiger partial charge < -0.3 is 14.9 Å². The third-order valence-electron chi connectivity index (χ3n) is 2.32. The van der Waals surface area contributed by atoms with E-state index in [1.165, 1.54) is 10.7 Å². The number of rotatable bonds is 4. The molecule has 0 bridgehead atoms. The summed E-state index contributed by atoms with van der Waals surface area (Å²) in [4.78, 5) is 11.0. The van der Waals surface area contributed by atoms with Gasteiger partial charge in [0, 0.05) is 12.3 Å². The highest BCUT2D eigenvalue weighted by Crippen LogP contribution is 2.19. The van der Waals surface area contributed by atoms with Crippen LogP contribution >= 0.6 is 0 Å². The van der Waals surface area contributed by atoms with E-state index in [1.807, 2.05) is 0 Å². The Balaban J connectivity index is 2.31. The summed E-state index contributed by atoms with van der Waals surface area (Å²) >= 11 is 0. The minimum absolute atomic E-state index is 0.115. The van der Waals surface area contributed by atoms with E-state index in [0.29, 0.717) is 11.3 Å². The molecule has 2 N–H and O–H groups in total. The van der Waals surface area contributed by atoms with Crippen molar-refractivity contribution in [2.24, 2.45) is 0 Å². The van der Waals surface area contributed by atoms with Gasteiger partial charge in [0.05, 0.1) is 17.3 Å². The van der Waals surface area contributed by atoms with Crippen LogP contribution in [0.4, 0.5) is 0 Å². The molecule has 0 radical (unpaired) electrons. The molecule has 96 valence electrons. The SMILES string of the molecule is CC(C)(O)COc1ccn2ncc(C(=O)O)c2c1. The fraction of sp³-hybridized carbons (Fsp3) is 0.333. The molecule has 0 aliphatic carbocycles. The minimum Gasteiger partial charge on any atom is -0.490 e. The molecule has 6 heteroatoms. The maximum Gasteiger partial charge on any atom is 0.339 e. The molecule has 2 aromatic rings. The molecule has 2 aromatic heterocycles. The molecule has 0 aliphatic rings. The summed E-state index contributed by atoms with van der Waals surface area (Å²) in [6, 6.07) is 3.25. The first-order chi connectivity index (χ1) is 8.37. The number of hydrogen-bond acceptors (Lipinski definition) is 4. The van der Waals surface area contributed by atoms with E-state index in [9.17, 15) is 9.90 Å². The Kier molecular flexibility index (Phi) is 2.96. The lowest BCUT2D eigenvalue weighted by Crippen LogP contribution is -2.27. The van der Waals surface area contributed by atoms with Crippen LogP contribution in [0.15, 0.2) is 24.5 Å². The average molecular weight is 250 g/mol. The number of nitrogens with zero attached hydrogens (tertiary/aromatic N) is 2. The fourth-order valence-electron chi connectivity index (χ4n) is 1.48. The van der Waals surface area contributed by atoms with E-state index >= 15 is 0 Å². The number of ether oxygens (including phenoxy) is 1. The molecule has 0 aliphatic heterocycles. The molecule has 0 saturated carbocycles. The van der Waals surface area contributed by atoms with Crippen molar-refractivity contribution in [2.45, 2.75) is 19.4 Å². The Bertz CT molecular complexity index is 583. The Morgan fingerprint density at radius 2 is 2.28 bits per heavy atom. The van der Waals surface area contributed by atoms with Gasteiger partial charge in [-0.05, 0) is 19.9 Å². The second kappa shape index (κ2) is 4.30. The van der Waals surface area contributed by atoms with Gasteiger partial charge in [0.25, 0.3) is 0 Å². The van der Waals surface area contributed by atoms with Gasteiger partial charge in [-0.2, -0.15) is 5.10 Å². The molecular formula is C12H14N2O4. The Morgan fingerprint density at radius 3 is 2.89 bits per heavy atom. The van der Waals surface area contributed by atoms with Crippen LogP contribution in [0.3, 0.4) is 0 Å². The molecule has 0 spiro atoms. The van der Waals surface area contributed by atoms with Crippen LogP contribution in [0.1, 0.15) is 24.2 Å². The van der Waals surface area contributed by atoms with E-state index in [1.54, 1.807) is 32.2 Å². The quantitative estimate of drug-likeness (QED) is 0.851. The number of aliphatic hydroxyl groups is 1. The number of aromatic carboxylic acids is 1. The maximum atomic E-state index is 11.0. The van der Waals surface area contributed by atoms with E-state index in [2.05, 4.69) is 5.10 Å². The monoisotopic (exact) mass is 250 g/mol. The normalized spacial score (nSPS) is 11.7. The molecule has 0 atom stereocenters. The first kappa shape index (κ1) is 12.4. The third-order valence-corrected chi connectivity index (χ3v) is 2.32. The van der Waals surface area contributed by atoms with Gasteiger partial charge in [-0.15, -0.1) is 0 Å². The Labute approximate surface area is 103 Å². The summed E-state index contributed by atoms with van der Waals surface area (Å²) in [5.74, 6) is -0.544. The van der Waals surface area contributed by atoms with Crippen molar-refractivity contribution in [1.29, 1.82) is 0 Å².